The summed E-state index contributed by atoms with van der Waals surface area (Å²) in [5, 5.41) is 12.4. The maximum Gasteiger partial charge on any atom is 0.156 e. The van der Waals surface area contributed by atoms with E-state index in [0.717, 1.165) is 0 Å². The fourth-order valence-electron chi connectivity index (χ4n) is 2.89. The Morgan fingerprint density at radius 3 is 2.59 bits per heavy atom. The molecule has 0 aliphatic carbocycles. The Bertz CT molecular complexity index is 1230. The van der Waals surface area contributed by atoms with Gasteiger partial charge in [-0.25, -0.2) is 23.3 Å². The van der Waals surface area contributed by atoms with E-state index in [1.54, 1.807) is 32.0 Å². The molecule has 3 N–H and O–H groups in total. The molecule has 7 nitrogen and oxygen atoms in total. The van der Waals surface area contributed by atoms with Crippen LogP contribution in [-0.4, -0.2) is 25.4 Å². The normalized spacial score (nSPS) is 14.1. The maximum absolute atomic E-state index is 13.7. The molecule has 0 saturated heterocycles. The molecule has 2 atom stereocenters. The second-order valence-electron chi connectivity index (χ2n) is 6.59. The van der Waals surface area contributed by atoms with Gasteiger partial charge in [0.15, 0.2) is 5.03 Å². The molecular weight excluding hydrogens is 415 g/mol. The van der Waals surface area contributed by atoms with Crippen LogP contribution in [0.1, 0.15) is 34.4 Å². The van der Waals surface area contributed by atoms with Crippen molar-refractivity contribution in [3.05, 3.63) is 69.5 Å². The van der Waals surface area contributed by atoms with Crippen LogP contribution in [0.4, 0.5) is 10.2 Å². The lowest BCUT2D eigenvalue weighted by molar-refractivity contribution is 0.627. The third kappa shape index (κ3) is 4.39. The molecule has 3 rings (SSSR count). The number of aromatic nitrogens is 3. The zero-order chi connectivity index (χ0) is 21.3. The number of H-pyrrole nitrogens is 1. The number of aromatic amines is 1. The summed E-state index contributed by atoms with van der Waals surface area (Å²) in [4.78, 5) is 11.8. The van der Waals surface area contributed by atoms with Gasteiger partial charge in [-0.3, -0.25) is 0 Å². The fraction of sp³-hybridized carbons (Fsp3) is 0.211. The lowest BCUT2D eigenvalue weighted by Gasteiger charge is -2.19. The van der Waals surface area contributed by atoms with Crippen LogP contribution < -0.4 is 5.32 Å². The van der Waals surface area contributed by atoms with Gasteiger partial charge in [-0.2, -0.15) is 5.26 Å². The van der Waals surface area contributed by atoms with Crippen molar-refractivity contribution in [2.24, 2.45) is 0 Å². The number of halogens is 2. The van der Waals surface area contributed by atoms with Crippen molar-refractivity contribution < 1.29 is 8.60 Å². The molecule has 0 radical (unpaired) electrons. The molecule has 0 amide bonds. The summed E-state index contributed by atoms with van der Waals surface area (Å²) < 4.78 is 33.7. The predicted molar refractivity (Wildman–Crippen MR) is 109 cm³/mol. The molecule has 3 aromatic rings. The second kappa shape index (κ2) is 7.81. The third-order valence-electron chi connectivity index (χ3n) is 4.28. The van der Waals surface area contributed by atoms with E-state index in [9.17, 15) is 8.60 Å². The third-order valence-corrected chi connectivity index (χ3v) is 5.70. The maximum atomic E-state index is 13.7. The molecule has 0 bridgehead atoms. The Morgan fingerprint density at radius 1 is 1.31 bits per heavy atom. The van der Waals surface area contributed by atoms with Gasteiger partial charge in [0.1, 0.15) is 29.6 Å². The first-order valence-corrected chi connectivity index (χ1v) is 10.8. The van der Waals surface area contributed by atoms with Crippen molar-refractivity contribution in [3.8, 4) is 6.07 Å². The zero-order valence-electron chi connectivity index (χ0n) is 15.9. The minimum atomic E-state index is -3.04. The lowest BCUT2D eigenvalue weighted by Crippen LogP contribution is -2.16. The van der Waals surface area contributed by atoms with Crippen LogP contribution in [0.2, 0.25) is 5.02 Å². The molecule has 150 valence electrons. The van der Waals surface area contributed by atoms with Crippen LogP contribution in [-0.2, 0) is 9.73 Å². The standard InChI is InChI=1S/C19H18ClFN6OS/c1-10-13(9-22)5-7-16(24-10)26-17(12-4-6-15(21)14(20)8-12)18-25-11(2)19(27-18)29(3,23)28/h4-8,17,23H,1-3H3,(H,24,26)(H,25,27)/t17?,29-/m1/s1. The number of nitrogens with one attached hydrogen (secondary N) is 3. The minimum Gasteiger partial charge on any atom is -0.356 e. The van der Waals surface area contributed by atoms with Crippen LogP contribution in [0.3, 0.4) is 0 Å². The van der Waals surface area contributed by atoms with E-state index in [2.05, 4.69) is 26.3 Å². The number of hydrogen-bond acceptors (Lipinski definition) is 6. The average Bonchev–Trinajstić information content (AvgIpc) is 3.04. The second-order valence-corrected chi connectivity index (χ2v) is 9.07. The number of pyridine rings is 1. The summed E-state index contributed by atoms with van der Waals surface area (Å²) >= 11 is 5.96. The van der Waals surface area contributed by atoms with Gasteiger partial charge in [-0.05, 0) is 43.7 Å². The summed E-state index contributed by atoms with van der Waals surface area (Å²) in [5.41, 5.74) is 2.10. The highest BCUT2D eigenvalue weighted by Crippen LogP contribution is 2.29. The van der Waals surface area contributed by atoms with Crippen molar-refractivity contribution in [1.29, 1.82) is 10.0 Å². The Hall–Kier alpha value is -2.96. The number of rotatable bonds is 5. The monoisotopic (exact) mass is 432 g/mol. The highest BCUT2D eigenvalue weighted by Gasteiger charge is 2.23. The van der Waals surface area contributed by atoms with Gasteiger partial charge in [0.25, 0.3) is 0 Å². The SMILES string of the molecule is Cc1nc(NC(c2ccc(F)c(Cl)c2)c2nc([S@](C)(=N)=O)c(C)[nH]2)ccc1C#N. The van der Waals surface area contributed by atoms with E-state index in [1.165, 1.54) is 18.4 Å². The summed E-state index contributed by atoms with van der Waals surface area (Å²) in [5.74, 6) is 0.289. The molecule has 1 unspecified atom stereocenters. The molecule has 1 aromatic carbocycles. The average molecular weight is 433 g/mol. The number of benzene rings is 1. The number of hydrogen-bond donors (Lipinski definition) is 3. The first-order chi connectivity index (χ1) is 13.6. The van der Waals surface area contributed by atoms with Crippen LogP contribution in [0.25, 0.3) is 0 Å². The van der Waals surface area contributed by atoms with E-state index in [4.69, 9.17) is 21.6 Å². The number of nitrogens with zero attached hydrogens (tertiary/aromatic N) is 3. The first kappa shape index (κ1) is 20.8. The van der Waals surface area contributed by atoms with Crippen molar-refractivity contribution >= 4 is 27.1 Å². The highest BCUT2D eigenvalue weighted by atomic mass is 35.5. The zero-order valence-corrected chi connectivity index (χ0v) is 17.5. The molecule has 0 spiro atoms. The van der Waals surface area contributed by atoms with Gasteiger partial charge >= 0.3 is 0 Å². The molecule has 10 heteroatoms. The molecule has 0 fully saturated rings. The number of imidazole rings is 1. The summed E-state index contributed by atoms with van der Waals surface area (Å²) in [7, 11) is -3.04. The molecular formula is C19H18ClFN6OS. The van der Waals surface area contributed by atoms with Gasteiger partial charge in [-0.15, -0.1) is 0 Å². The van der Waals surface area contributed by atoms with E-state index >= 15 is 0 Å². The topological polar surface area (TPSA) is 118 Å². The molecule has 2 aromatic heterocycles. The van der Waals surface area contributed by atoms with Crippen molar-refractivity contribution in [2.75, 3.05) is 11.6 Å². The highest BCUT2D eigenvalue weighted by molar-refractivity contribution is 7.91. The predicted octanol–water partition coefficient (Wildman–Crippen LogP) is 4.32. The fourth-order valence-corrected chi connectivity index (χ4v) is 3.99. The minimum absolute atomic E-state index is 0.0541. The van der Waals surface area contributed by atoms with Crippen LogP contribution in [0, 0.1) is 35.8 Å². The van der Waals surface area contributed by atoms with Crippen molar-refractivity contribution in [3.63, 3.8) is 0 Å². The Labute approximate surface area is 172 Å². The van der Waals surface area contributed by atoms with E-state index in [0.29, 0.717) is 34.2 Å². The Kier molecular flexibility index (Phi) is 5.59. The molecule has 0 aliphatic heterocycles. The first-order valence-electron chi connectivity index (χ1n) is 8.49. The van der Waals surface area contributed by atoms with E-state index in [-0.39, 0.29) is 10.0 Å². The molecule has 29 heavy (non-hydrogen) atoms. The van der Waals surface area contributed by atoms with Gasteiger partial charge < -0.3 is 10.3 Å². The summed E-state index contributed by atoms with van der Waals surface area (Å²) in [6.45, 7) is 3.40. The van der Waals surface area contributed by atoms with Gasteiger partial charge in [0, 0.05) is 11.9 Å². The quantitative estimate of drug-likeness (QED) is 0.554. The lowest BCUT2D eigenvalue weighted by atomic mass is 10.1. The van der Waals surface area contributed by atoms with Crippen molar-refractivity contribution in [1.82, 2.24) is 15.0 Å². The smallest absolute Gasteiger partial charge is 0.156 e. The van der Waals surface area contributed by atoms with Gasteiger partial charge in [0.05, 0.1) is 26.0 Å². The number of aryl methyl sites for hydroxylation is 2. The van der Waals surface area contributed by atoms with Crippen molar-refractivity contribution in [2.45, 2.75) is 24.9 Å². The van der Waals surface area contributed by atoms with Crippen LogP contribution in [0.5, 0.6) is 0 Å². The Morgan fingerprint density at radius 2 is 2.03 bits per heavy atom. The molecule has 0 aliphatic rings. The van der Waals surface area contributed by atoms with E-state index < -0.39 is 21.6 Å². The molecule has 2 heterocycles. The summed E-state index contributed by atoms with van der Waals surface area (Å²) in [6.07, 6.45) is 1.29. The van der Waals surface area contributed by atoms with Crippen LogP contribution in [0.15, 0.2) is 35.4 Å². The number of anilines is 1. The largest absolute Gasteiger partial charge is 0.356 e. The van der Waals surface area contributed by atoms with Gasteiger partial charge in [-0.1, -0.05) is 17.7 Å². The molecule has 0 saturated carbocycles. The van der Waals surface area contributed by atoms with E-state index in [1.807, 2.05) is 0 Å². The Balaban J connectivity index is 2.11. The van der Waals surface area contributed by atoms with Crippen LogP contribution >= 0.6 is 11.6 Å². The van der Waals surface area contributed by atoms with Gasteiger partial charge in [0.2, 0.25) is 0 Å². The summed E-state index contributed by atoms with van der Waals surface area (Å²) in [6, 6.07) is 8.97. The number of nitriles is 1.